The van der Waals surface area contributed by atoms with Crippen molar-refractivity contribution in [2.45, 2.75) is 63.5 Å². The average molecular weight is 261 g/mol. The van der Waals surface area contributed by atoms with Crippen molar-refractivity contribution in [1.29, 1.82) is 5.26 Å². The smallest absolute Gasteiger partial charge is 0.0866 e. The van der Waals surface area contributed by atoms with E-state index < -0.39 is 0 Å². The molecule has 0 aromatic carbocycles. The highest BCUT2D eigenvalue weighted by Gasteiger charge is 2.33. The van der Waals surface area contributed by atoms with Crippen LogP contribution >= 0.6 is 0 Å². The molecule has 0 aromatic heterocycles. The fourth-order valence-electron chi connectivity index (χ4n) is 4.07. The van der Waals surface area contributed by atoms with E-state index >= 15 is 0 Å². The number of hydrogen-bond acceptors (Lipinski definition) is 3. The number of nitrogens with zero attached hydrogens (tertiary/aromatic N) is 2. The van der Waals surface area contributed by atoms with Crippen LogP contribution in [-0.4, -0.2) is 36.6 Å². The van der Waals surface area contributed by atoms with Gasteiger partial charge in [0.15, 0.2) is 0 Å². The molecule has 106 valence electrons. The third kappa shape index (κ3) is 3.94. The summed E-state index contributed by atoms with van der Waals surface area (Å²) in [7, 11) is 0. The Balaban J connectivity index is 1.53. The quantitative estimate of drug-likeness (QED) is 0.773. The molecule has 1 heterocycles. The fraction of sp³-hybridized carbons (Fsp3) is 0.938. The van der Waals surface area contributed by atoms with Gasteiger partial charge in [-0.05, 0) is 37.5 Å². The third-order valence-corrected chi connectivity index (χ3v) is 5.10. The molecule has 1 aliphatic heterocycles. The van der Waals surface area contributed by atoms with Gasteiger partial charge in [-0.3, -0.25) is 4.90 Å². The molecule has 3 aliphatic rings. The number of nitriles is 1. The molecule has 1 saturated heterocycles. The largest absolute Gasteiger partial charge is 0.310 e. The van der Waals surface area contributed by atoms with Gasteiger partial charge in [-0.2, -0.15) is 5.26 Å². The fourth-order valence-corrected chi connectivity index (χ4v) is 4.07. The van der Waals surface area contributed by atoms with Gasteiger partial charge in [-0.15, -0.1) is 0 Å². The van der Waals surface area contributed by atoms with Crippen LogP contribution in [0.4, 0.5) is 0 Å². The molecule has 0 spiro atoms. The summed E-state index contributed by atoms with van der Waals surface area (Å²) in [4.78, 5) is 2.38. The molecule has 2 unspecified atom stereocenters. The highest BCUT2D eigenvalue weighted by Crippen LogP contribution is 2.38. The van der Waals surface area contributed by atoms with Crippen molar-refractivity contribution in [3.8, 4) is 6.07 Å². The molecule has 2 saturated carbocycles. The Morgan fingerprint density at radius 1 is 1.00 bits per heavy atom. The summed E-state index contributed by atoms with van der Waals surface area (Å²) in [5.41, 5.74) is 0. The van der Waals surface area contributed by atoms with Crippen LogP contribution in [0.25, 0.3) is 0 Å². The zero-order valence-electron chi connectivity index (χ0n) is 12.0. The van der Waals surface area contributed by atoms with E-state index in [0.29, 0.717) is 12.6 Å². The summed E-state index contributed by atoms with van der Waals surface area (Å²) in [6.45, 7) is 2.86. The van der Waals surface area contributed by atoms with Gasteiger partial charge in [0.25, 0.3) is 0 Å². The summed E-state index contributed by atoms with van der Waals surface area (Å²) in [6.07, 6.45) is 11.2. The van der Waals surface area contributed by atoms with Gasteiger partial charge in [0.1, 0.15) is 0 Å². The van der Waals surface area contributed by atoms with E-state index in [1.807, 2.05) is 0 Å². The Morgan fingerprint density at radius 3 is 2.47 bits per heavy atom. The number of nitrogens with one attached hydrogen (secondary N) is 1. The molecule has 3 fully saturated rings. The second kappa shape index (κ2) is 6.24. The van der Waals surface area contributed by atoms with Crippen LogP contribution in [0.2, 0.25) is 0 Å². The minimum atomic E-state index is 0.615. The van der Waals surface area contributed by atoms with Gasteiger partial charge in [-0.25, -0.2) is 0 Å². The van der Waals surface area contributed by atoms with E-state index in [0.717, 1.165) is 31.0 Å². The SMILES string of the molecule is N#CCN1CC(CC2CC2)CC(NC2CCCC2)C1. The lowest BCUT2D eigenvalue weighted by Crippen LogP contribution is -2.51. The topological polar surface area (TPSA) is 39.1 Å². The normalized spacial score (nSPS) is 33.4. The van der Waals surface area contributed by atoms with Crippen molar-refractivity contribution in [3.63, 3.8) is 0 Å². The summed E-state index contributed by atoms with van der Waals surface area (Å²) < 4.78 is 0. The zero-order valence-corrected chi connectivity index (χ0v) is 12.0. The van der Waals surface area contributed by atoms with Crippen LogP contribution in [0.5, 0.6) is 0 Å². The van der Waals surface area contributed by atoms with Gasteiger partial charge < -0.3 is 5.32 Å². The van der Waals surface area contributed by atoms with Gasteiger partial charge in [0.05, 0.1) is 12.6 Å². The van der Waals surface area contributed by atoms with E-state index in [2.05, 4.69) is 16.3 Å². The Bertz CT molecular complexity index is 325. The summed E-state index contributed by atoms with van der Waals surface area (Å²) in [6, 6.07) is 3.73. The second-order valence-corrected chi connectivity index (χ2v) is 6.98. The second-order valence-electron chi connectivity index (χ2n) is 6.98. The maximum Gasteiger partial charge on any atom is 0.0866 e. The molecular formula is C16H27N3. The van der Waals surface area contributed by atoms with Gasteiger partial charge in [-0.1, -0.05) is 25.7 Å². The van der Waals surface area contributed by atoms with Gasteiger partial charge in [0, 0.05) is 25.2 Å². The molecule has 2 atom stereocenters. The molecule has 0 radical (unpaired) electrons. The molecule has 1 N–H and O–H groups in total. The number of hydrogen-bond donors (Lipinski definition) is 1. The monoisotopic (exact) mass is 261 g/mol. The lowest BCUT2D eigenvalue weighted by molar-refractivity contribution is 0.140. The van der Waals surface area contributed by atoms with Crippen molar-refractivity contribution in [1.82, 2.24) is 10.2 Å². The number of likely N-dealkylation sites (tertiary alicyclic amines) is 1. The highest BCUT2D eigenvalue weighted by atomic mass is 15.2. The predicted molar refractivity (Wildman–Crippen MR) is 76.7 cm³/mol. The molecule has 2 aliphatic carbocycles. The van der Waals surface area contributed by atoms with E-state index in [-0.39, 0.29) is 0 Å². The summed E-state index contributed by atoms with van der Waals surface area (Å²) in [5, 5.41) is 12.8. The van der Waals surface area contributed by atoms with Crippen molar-refractivity contribution in [3.05, 3.63) is 0 Å². The predicted octanol–water partition coefficient (Wildman–Crippen LogP) is 2.53. The minimum Gasteiger partial charge on any atom is -0.310 e. The zero-order chi connectivity index (χ0) is 13.1. The summed E-state index contributed by atoms with van der Waals surface area (Å²) in [5.74, 6) is 1.84. The molecule has 0 bridgehead atoms. The first-order valence-electron chi connectivity index (χ1n) is 8.19. The van der Waals surface area contributed by atoms with Crippen LogP contribution in [0.3, 0.4) is 0 Å². The molecule has 3 nitrogen and oxygen atoms in total. The lowest BCUT2D eigenvalue weighted by Gasteiger charge is -2.38. The lowest BCUT2D eigenvalue weighted by atomic mass is 9.89. The minimum absolute atomic E-state index is 0.615. The Hall–Kier alpha value is -0.590. The Kier molecular flexibility index (Phi) is 4.40. The number of piperidine rings is 1. The first-order valence-corrected chi connectivity index (χ1v) is 8.19. The maximum atomic E-state index is 8.96. The van der Waals surface area contributed by atoms with Crippen LogP contribution < -0.4 is 5.32 Å². The number of rotatable bonds is 5. The average Bonchev–Trinajstić information content (AvgIpc) is 3.04. The van der Waals surface area contributed by atoms with Crippen molar-refractivity contribution in [2.24, 2.45) is 11.8 Å². The van der Waals surface area contributed by atoms with E-state index in [1.165, 1.54) is 51.4 Å². The Morgan fingerprint density at radius 2 is 1.79 bits per heavy atom. The van der Waals surface area contributed by atoms with Crippen LogP contribution in [0.1, 0.15) is 51.4 Å². The van der Waals surface area contributed by atoms with Crippen molar-refractivity contribution < 1.29 is 0 Å². The molecule has 0 amide bonds. The Labute approximate surface area is 117 Å². The van der Waals surface area contributed by atoms with E-state index in [4.69, 9.17) is 5.26 Å². The molecular weight excluding hydrogens is 234 g/mol. The molecule has 19 heavy (non-hydrogen) atoms. The van der Waals surface area contributed by atoms with Crippen molar-refractivity contribution in [2.75, 3.05) is 19.6 Å². The van der Waals surface area contributed by atoms with Crippen LogP contribution in [0, 0.1) is 23.2 Å². The standard InChI is InChI=1S/C16H27N3/c17-7-8-19-11-14(9-13-5-6-13)10-16(12-19)18-15-3-1-2-4-15/h13-16,18H,1-6,8-12H2. The van der Waals surface area contributed by atoms with Crippen LogP contribution in [0.15, 0.2) is 0 Å². The maximum absolute atomic E-state index is 8.96. The molecule has 3 heteroatoms. The van der Waals surface area contributed by atoms with Gasteiger partial charge >= 0.3 is 0 Å². The third-order valence-electron chi connectivity index (χ3n) is 5.10. The molecule has 3 rings (SSSR count). The first-order chi connectivity index (χ1) is 9.33. The highest BCUT2D eigenvalue weighted by molar-refractivity contribution is 4.91. The van der Waals surface area contributed by atoms with Crippen LogP contribution in [-0.2, 0) is 0 Å². The first kappa shape index (κ1) is 13.4. The molecule has 0 aromatic rings. The summed E-state index contributed by atoms with van der Waals surface area (Å²) >= 11 is 0. The van der Waals surface area contributed by atoms with Crippen molar-refractivity contribution >= 4 is 0 Å². The van der Waals surface area contributed by atoms with Gasteiger partial charge in [0.2, 0.25) is 0 Å². The van der Waals surface area contributed by atoms with E-state index in [1.54, 1.807) is 0 Å². The van der Waals surface area contributed by atoms with E-state index in [9.17, 15) is 0 Å².